The van der Waals surface area contributed by atoms with E-state index in [4.69, 9.17) is 6.57 Å². The van der Waals surface area contributed by atoms with Gasteiger partial charge in [-0.15, -0.1) is 11.3 Å². The van der Waals surface area contributed by atoms with Crippen molar-refractivity contribution in [3.63, 3.8) is 0 Å². The molecule has 0 atom stereocenters. The third-order valence-corrected chi connectivity index (χ3v) is 6.48. The smallest absolute Gasteiger partial charge is 0.233 e. The SMILES string of the molecule is [C-]#[N+]C(C#N)=C1c2ccc(-c3ccc(-c4ccccc4)s3)cc2-c2nc(C#N)c(C#N)nc21. The number of thiophene rings is 1. The molecule has 2 aromatic carbocycles. The number of benzene rings is 2. The van der Waals surface area contributed by atoms with Crippen molar-refractivity contribution in [2.45, 2.75) is 0 Å². The first-order valence-electron chi connectivity index (χ1n) is 9.73. The van der Waals surface area contributed by atoms with Crippen LogP contribution in [-0.2, 0) is 0 Å². The lowest BCUT2D eigenvalue weighted by molar-refractivity contribution is 1.12. The summed E-state index contributed by atoms with van der Waals surface area (Å²) in [6.07, 6.45) is 0. The number of rotatable bonds is 2. The van der Waals surface area contributed by atoms with E-state index in [1.807, 2.05) is 60.7 Å². The molecule has 5 rings (SSSR count). The lowest BCUT2D eigenvalue weighted by atomic mass is 10.0. The molecule has 0 saturated carbocycles. The van der Waals surface area contributed by atoms with Crippen LogP contribution in [0.5, 0.6) is 0 Å². The topological polar surface area (TPSA) is 102 Å². The monoisotopic (exact) mass is 438 g/mol. The highest BCUT2D eigenvalue weighted by Gasteiger charge is 2.31. The fourth-order valence-corrected chi connectivity index (χ4v) is 4.83. The van der Waals surface area contributed by atoms with Gasteiger partial charge in [-0.05, 0) is 34.9 Å². The van der Waals surface area contributed by atoms with Crippen molar-refractivity contribution in [1.82, 2.24) is 9.97 Å². The Bertz CT molecular complexity index is 1630. The van der Waals surface area contributed by atoms with Gasteiger partial charge in [0.2, 0.25) is 0 Å². The molecule has 0 saturated heterocycles. The molecule has 2 heterocycles. The van der Waals surface area contributed by atoms with Crippen molar-refractivity contribution in [3.05, 3.63) is 100 Å². The molecular weight excluding hydrogens is 428 g/mol. The molecule has 33 heavy (non-hydrogen) atoms. The minimum Gasteiger partial charge on any atom is -0.233 e. The largest absolute Gasteiger partial charge is 0.271 e. The van der Waals surface area contributed by atoms with Crippen LogP contribution in [0.4, 0.5) is 0 Å². The Labute approximate surface area is 193 Å². The minimum atomic E-state index is -0.131. The number of aromatic nitrogens is 2. The second-order valence-electron chi connectivity index (χ2n) is 7.08. The maximum absolute atomic E-state index is 9.52. The summed E-state index contributed by atoms with van der Waals surface area (Å²) in [5.74, 6) is 0. The summed E-state index contributed by atoms with van der Waals surface area (Å²) in [7, 11) is 0. The zero-order chi connectivity index (χ0) is 22.9. The van der Waals surface area contributed by atoms with Gasteiger partial charge in [-0.1, -0.05) is 42.5 Å². The molecule has 2 aromatic heterocycles. The molecule has 7 heteroatoms. The van der Waals surface area contributed by atoms with Gasteiger partial charge >= 0.3 is 0 Å². The molecule has 0 bridgehead atoms. The molecule has 150 valence electrons. The van der Waals surface area contributed by atoms with E-state index in [1.54, 1.807) is 11.3 Å². The van der Waals surface area contributed by atoms with Gasteiger partial charge < -0.3 is 0 Å². The molecule has 0 N–H and O–H groups in total. The first-order valence-corrected chi connectivity index (χ1v) is 10.5. The van der Waals surface area contributed by atoms with Crippen molar-refractivity contribution >= 4 is 16.9 Å². The van der Waals surface area contributed by atoms with Crippen LogP contribution in [0.25, 0.3) is 42.6 Å². The normalized spacial score (nSPS) is 12.5. The van der Waals surface area contributed by atoms with E-state index >= 15 is 0 Å². The van der Waals surface area contributed by atoms with Crippen LogP contribution in [0.2, 0.25) is 0 Å². The van der Waals surface area contributed by atoms with Crippen molar-refractivity contribution in [3.8, 4) is 50.3 Å². The lowest BCUT2D eigenvalue weighted by Gasteiger charge is -2.04. The van der Waals surface area contributed by atoms with E-state index in [0.29, 0.717) is 22.4 Å². The van der Waals surface area contributed by atoms with Gasteiger partial charge in [-0.25, -0.2) is 20.1 Å². The molecule has 1 aliphatic rings. The first kappa shape index (κ1) is 19.9. The Balaban J connectivity index is 1.72. The maximum Gasteiger partial charge on any atom is 0.271 e. The average molecular weight is 438 g/mol. The molecule has 0 spiro atoms. The van der Waals surface area contributed by atoms with Gasteiger partial charge in [-0.2, -0.15) is 10.5 Å². The summed E-state index contributed by atoms with van der Waals surface area (Å²) in [6.45, 7) is 7.43. The highest BCUT2D eigenvalue weighted by atomic mass is 32.1. The zero-order valence-electron chi connectivity index (χ0n) is 16.9. The van der Waals surface area contributed by atoms with E-state index in [-0.39, 0.29) is 22.8 Å². The number of nitriles is 3. The highest BCUT2D eigenvalue weighted by molar-refractivity contribution is 7.18. The van der Waals surface area contributed by atoms with Crippen LogP contribution in [0, 0.1) is 40.6 Å². The van der Waals surface area contributed by atoms with Crippen molar-refractivity contribution < 1.29 is 0 Å². The van der Waals surface area contributed by atoms with Gasteiger partial charge in [0.1, 0.15) is 12.1 Å². The van der Waals surface area contributed by atoms with E-state index in [9.17, 15) is 15.8 Å². The molecule has 1 aliphatic carbocycles. The van der Waals surface area contributed by atoms with E-state index in [2.05, 4.69) is 33.0 Å². The summed E-state index contributed by atoms with van der Waals surface area (Å²) >= 11 is 1.65. The Morgan fingerprint density at radius 1 is 0.788 bits per heavy atom. The van der Waals surface area contributed by atoms with Crippen LogP contribution in [0.15, 0.2) is 66.4 Å². The molecule has 4 aromatic rings. The lowest BCUT2D eigenvalue weighted by Crippen LogP contribution is -2.00. The number of hydrogen-bond donors (Lipinski definition) is 0. The summed E-state index contributed by atoms with van der Waals surface area (Å²) in [5, 5.41) is 28.3. The molecule has 0 aliphatic heterocycles. The van der Waals surface area contributed by atoms with Crippen LogP contribution < -0.4 is 0 Å². The Morgan fingerprint density at radius 3 is 2.09 bits per heavy atom. The van der Waals surface area contributed by atoms with Crippen LogP contribution in [-0.4, -0.2) is 9.97 Å². The second-order valence-corrected chi connectivity index (χ2v) is 8.16. The van der Waals surface area contributed by atoms with E-state index in [0.717, 1.165) is 20.9 Å². The minimum absolute atomic E-state index is 0.0855. The van der Waals surface area contributed by atoms with Gasteiger partial charge in [0.15, 0.2) is 11.4 Å². The molecule has 0 amide bonds. The van der Waals surface area contributed by atoms with Gasteiger partial charge in [-0.3, -0.25) is 0 Å². The van der Waals surface area contributed by atoms with Crippen LogP contribution >= 0.6 is 11.3 Å². The summed E-state index contributed by atoms with van der Waals surface area (Å²) in [5.41, 5.74) is 4.07. The molecule has 0 fully saturated rings. The standard InChI is InChI=1S/C26H10N6S/c1-30-21(14-29)24-17-8-7-16(23-10-9-22(33-23)15-5-3-2-4-6-15)11-18(17)25-26(24)32-20(13-28)19(12-27)31-25/h2-11H. The Morgan fingerprint density at radius 2 is 1.45 bits per heavy atom. The maximum atomic E-state index is 9.52. The quantitative estimate of drug-likeness (QED) is 0.256. The summed E-state index contributed by atoms with van der Waals surface area (Å²) in [4.78, 5) is 14.2. The van der Waals surface area contributed by atoms with Crippen LogP contribution in [0.1, 0.15) is 22.6 Å². The highest BCUT2D eigenvalue weighted by Crippen LogP contribution is 2.46. The second kappa shape index (κ2) is 7.88. The Kier molecular flexibility index (Phi) is 4.74. The predicted octanol–water partition coefficient (Wildman–Crippen LogP) is 5.80. The fraction of sp³-hybridized carbons (Fsp3) is 0. The van der Waals surface area contributed by atoms with Crippen LogP contribution in [0.3, 0.4) is 0 Å². The number of allylic oxidation sites excluding steroid dienone is 1. The van der Waals surface area contributed by atoms with Crippen molar-refractivity contribution in [1.29, 1.82) is 15.8 Å². The molecule has 0 unspecified atom stereocenters. The Hall–Kier alpha value is -5.08. The van der Waals surface area contributed by atoms with Gasteiger partial charge in [0.05, 0.1) is 24.0 Å². The van der Waals surface area contributed by atoms with Crippen molar-refractivity contribution in [2.75, 3.05) is 0 Å². The number of hydrogen-bond acceptors (Lipinski definition) is 6. The molecule has 0 radical (unpaired) electrons. The third-order valence-electron chi connectivity index (χ3n) is 5.29. The fourth-order valence-electron chi connectivity index (χ4n) is 3.82. The third kappa shape index (κ3) is 3.14. The summed E-state index contributed by atoms with van der Waals surface area (Å²) in [6, 6.07) is 25.6. The average Bonchev–Trinajstić information content (AvgIpc) is 3.48. The van der Waals surface area contributed by atoms with Gasteiger partial charge in [0.25, 0.3) is 5.70 Å². The number of fused-ring (bicyclic) bond motifs is 3. The summed E-state index contributed by atoms with van der Waals surface area (Å²) < 4.78 is 0. The number of nitrogens with zero attached hydrogens (tertiary/aromatic N) is 6. The van der Waals surface area contributed by atoms with E-state index < -0.39 is 0 Å². The van der Waals surface area contributed by atoms with E-state index in [1.165, 1.54) is 0 Å². The zero-order valence-corrected chi connectivity index (χ0v) is 17.7. The van der Waals surface area contributed by atoms with Gasteiger partial charge in [0, 0.05) is 20.9 Å². The molecular formula is C26H10N6S. The predicted molar refractivity (Wildman–Crippen MR) is 124 cm³/mol. The first-order chi connectivity index (χ1) is 16.2. The molecule has 6 nitrogen and oxygen atoms in total. The van der Waals surface area contributed by atoms with Crippen molar-refractivity contribution in [2.24, 2.45) is 0 Å².